The van der Waals surface area contributed by atoms with Crippen molar-refractivity contribution in [3.05, 3.63) is 83.3 Å². The Morgan fingerprint density at radius 1 is 0.929 bits per heavy atom. The molecule has 1 amide bonds. The zero-order valence-electron chi connectivity index (χ0n) is 16.0. The predicted molar refractivity (Wildman–Crippen MR) is 111 cm³/mol. The molecule has 0 fully saturated rings. The number of anilines is 1. The second-order valence-electron chi connectivity index (χ2n) is 6.91. The number of pyridine rings is 1. The zero-order valence-corrected chi connectivity index (χ0v) is 16.0. The first-order valence-corrected chi connectivity index (χ1v) is 9.09. The minimum absolute atomic E-state index is 0.216. The molecular formula is C23H20N4O. The highest BCUT2D eigenvalue weighted by molar-refractivity contribution is 6.04. The van der Waals surface area contributed by atoms with Crippen molar-refractivity contribution in [2.24, 2.45) is 0 Å². The van der Waals surface area contributed by atoms with Crippen molar-refractivity contribution in [2.45, 2.75) is 20.8 Å². The summed E-state index contributed by atoms with van der Waals surface area (Å²) in [6.45, 7) is 5.88. The lowest BCUT2D eigenvalue weighted by atomic mass is 10.1. The van der Waals surface area contributed by atoms with Crippen LogP contribution >= 0.6 is 0 Å². The Bertz CT molecular complexity index is 1200. The van der Waals surface area contributed by atoms with Gasteiger partial charge in [-0.05, 0) is 68.3 Å². The third kappa shape index (κ3) is 3.47. The van der Waals surface area contributed by atoms with Gasteiger partial charge in [0.25, 0.3) is 5.91 Å². The molecule has 0 unspecified atom stereocenters. The molecule has 0 aliphatic heterocycles. The van der Waals surface area contributed by atoms with Crippen LogP contribution in [-0.2, 0) is 0 Å². The molecule has 0 aliphatic carbocycles. The first kappa shape index (κ1) is 17.8. The maximum absolute atomic E-state index is 12.5. The molecule has 138 valence electrons. The van der Waals surface area contributed by atoms with Crippen LogP contribution in [0.15, 0.2) is 60.9 Å². The number of benzene rings is 2. The van der Waals surface area contributed by atoms with Crippen LogP contribution in [0, 0.1) is 20.8 Å². The SMILES string of the molecule is Cc1ccc2nc(-c3ccc(NC(=O)c4ncccc4C)c(C)c3)ncc2c1. The van der Waals surface area contributed by atoms with Crippen molar-refractivity contribution in [2.75, 3.05) is 5.32 Å². The van der Waals surface area contributed by atoms with Crippen LogP contribution in [0.2, 0.25) is 0 Å². The molecule has 0 aliphatic rings. The number of rotatable bonds is 3. The third-order valence-corrected chi connectivity index (χ3v) is 4.69. The van der Waals surface area contributed by atoms with Crippen LogP contribution in [0.4, 0.5) is 5.69 Å². The minimum Gasteiger partial charge on any atom is -0.320 e. The molecule has 0 spiro atoms. The normalized spacial score (nSPS) is 10.8. The van der Waals surface area contributed by atoms with E-state index in [0.717, 1.165) is 33.3 Å². The van der Waals surface area contributed by atoms with Gasteiger partial charge in [0.15, 0.2) is 5.82 Å². The quantitative estimate of drug-likeness (QED) is 0.560. The molecule has 28 heavy (non-hydrogen) atoms. The van der Waals surface area contributed by atoms with Gasteiger partial charge in [-0.1, -0.05) is 17.7 Å². The van der Waals surface area contributed by atoms with E-state index in [2.05, 4.69) is 33.3 Å². The van der Waals surface area contributed by atoms with E-state index in [-0.39, 0.29) is 5.91 Å². The lowest BCUT2D eigenvalue weighted by Crippen LogP contribution is -2.15. The van der Waals surface area contributed by atoms with Crippen molar-refractivity contribution in [1.29, 1.82) is 0 Å². The summed E-state index contributed by atoms with van der Waals surface area (Å²) in [6.07, 6.45) is 3.47. The van der Waals surface area contributed by atoms with Gasteiger partial charge in [0.2, 0.25) is 0 Å². The van der Waals surface area contributed by atoms with Gasteiger partial charge in [-0.15, -0.1) is 0 Å². The Balaban J connectivity index is 1.62. The van der Waals surface area contributed by atoms with E-state index in [4.69, 9.17) is 0 Å². The molecule has 5 nitrogen and oxygen atoms in total. The number of carbonyl (C=O) groups is 1. The van der Waals surface area contributed by atoms with Gasteiger partial charge in [-0.3, -0.25) is 9.78 Å². The summed E-state index contributed by atoms with van der Waals surface area (Å²) in [6, 6.07) is 15.6. The molecule has 1 N–H and O–H groups in total. The molecule has 2 aromatic carbocycles. The fourth-order valence-corrected chi connectivity index (χ4v) is 3.14. The van der Waals surface area contributed by atoms with Crippen molar-refractivity contribution in [3.8, 4) is 11.4 Å². The summed E-state index contributed by atoms with van der Waals surface area (Å²) in [5.41, 5.74) is 5.96. The van der Waals surface area contributed by atoms with Crippen LogP contribution in [0.25, 0.3) is 22.3 Å². The molecule has 4 rings (SSSR count). The second-order valence-corrected chi connectivity index (χ2v) is 6.91. The first-order valence-electron chi connectivity index (χ1n) is 9.09. The molecule has 0 saturated carbocycles. The van der Waals surface area contributed by atoms with Crippen LogP contribution in [0.1, 0.15) is 27.2 Å². The van der Waals surface area contributed by atoms with Gasteiger partial charge in [0.05, 0.1) is 5.52 Å². The number of aromatic nitrogens is 3. The van der Waals surface area contributed by atoms with Gasteiger partial charge < -0.3 is 5.32 Å². The molecular weight excluding hydrogens is 348 g/mol. The zero-order chi connectivity index (χ0) is 19.7. The number of aryl methyl sites for hydroxylation is 3. The standard InChI is InChI=1S/C23H20N4O/c1-14-6-8-20-18(11-14)13-25-22(26-20)17-7-9-19(16(3)12-17)27-23(28)21-15(2)5-4-10-24-21/h4-13H,1-3H3,(H,27,28). The highest BCUT2D eigenvalue weighted by atomic mass is 16.1. The molecule has 2 aromatic heterocycles. The number of amides is 1. The summed E-state index contributed by atoms with van der Waals surface area (Å²) < 4.78 is 0. The average molecular weight is 368 g/mol. The topological polar surface area (TPSA) is 67.8 Å². The van der Waals surface area contributed by atoms with Crippen LogP contribution < -0.4 is 5.32 Å². The van der Waals surface area contributed by atoms with Gasteiger partial charge in [0.1, 0.15) is 5.69 Å². The molecule has 0 atom stereocenters. The van der Waals surface area contributed by atoms with E-state index in [0.29, 0.717) is 11.5 Å². The highest BCUT2D eigenvalue weighted by Gasteiger charge is 2.12. The Kier molecular flexibility index (Phi) is 4.57. The summed E-state index contributed by atoms with van der Waals surface area (Å²) in [7, 11) is 0. The Hall–Kier alpha value is -3.60. The smallest absolute Gasteiger partial charge is 0.274 e. The van der Waals surface area contributed by atoms with Crippen LogP contribution in [0.3, 0.4) is 0 Å². The molecule has 0 radical (unpaired) electrons. The number of carbonyl (C=O) groups excluding carboxylic acids is 1. The number of nitrogens with zero attached hydrogens (tertiary/aromatic N) is 3. The Morgan fingerprint density at radius 3 is 2.57 bits per heavy atom. The number of nitrogens with one attached hydrogen (secondary N) is 1. The van der Waals surface area contributed by atoms with Crippen molar-refractivity contribution < 1.29 is 4.79 Å². The van der Waals surface area contributed by atoms with Crippen molar-refractivity contribution >= 4 is 22.5 Å². The Labute approximate surface area is 163 Å². The minimum atomic E-state index is -0.216. The summed E-state index contributed by atoms with van der Waals surface area (Å²) in [5, 5.41) is 3.96. The highest BCUT2D eigenvalue weighted by Crippen LogP contribution is 2.24. The lowest BCUT2D eigenvalue weighted by molar-refractivity contribution is 0.102. The number of fused-ring (bicyclic) bond motifs is 1. The van der Waals surface area contributed by atoms with E-state index < -0.39 is 0 Å². The van der Waals surface area contributed by atoms with E-state index in [1.54, 1.807) is 6.20 Å². The number of hydrogen-bond acceptors (Lipinski definition) is 4. The molecule has 5 heteroatoms. The fourth-order valence-electron chi connectivity index (χ4n) is 3.14. The predicted octanol–water partition coefficient (Wildman–Crippen LogP) is 4.87. The maximum Gasteiger partial charge on any atom is 0.274 e. The summed E-state index contributed by atoms with van der Waals surface area (Å²) >= 11 is 0. The molecule has 0 bridgehead atoms. The monoisotopic (exact) mass is 368 g/mol. The van der Waals surface area contributed by atoms with Crippen LogP contribution in [-0.4, -0.2) is 20.9 Å². The van der Waals surface area contributed by atoms with Crippen molar-refractivity contribution in [1.82, 2.24) is 15.0 Å². The van der Waals surface area contributed by atoms with E-state index in [1.807, 2.05) is 62.5 Å². The summed E-state index contributed by atoms with van der Waals surface area (Å²) in [4.78, 5) is 25.9. The maximum atomic E-state index is 12.5. The van der Waals surface area contributed by atoms with Gasteiger partial charge in [0, 0.05) is 29.0 Å². The first-order chi connectivity index (χ1) is 13.5. The molecule has 2 heterocycles. The third-order valence-electron chi connectivity index (χ3n) is 4.69. The van der Waals surface area contributed by atoms with Crippen molar-refractivity contribution in [3.63, 3.8) is 0 Å². The van der Waals surface area contributed by atoms with E-state index in [9.17, 15) is 4.79 Å². The van der Waals surface area contributed by atoms with E-state index >= 15 is 0 Å². The average Bonchev–Trinajstić information content (AvgIpc) is 2.69. The van der Waals surface area contributed by atoms with Gasteiger partial charge in [-0.2, -0.15) is 0 Å². The van der Waals surface area contributed by atoms with E-state index in [1.165, 1.54) is 5.56 Å². The fraction of sp³-hybridized carbons (Fsp3) is 0.130. The second kappa shape index (κ2) is 7.19. The molecule has 0 saturated heterocycles. The van der Waals surface area contributed by atoms with Gasteiger partial charge in [-0.25, -0.2) is 9.97 Å². The van der Waals surface area contributed by atoms with Gasteiger partial charge >= 0.3 is 0 Å². The largest absolute Gasteiger partial charge is 0.320 e. The Morgan fingerprint density at radius 2 is 1.79 bits per heavy atom. The lowest BCUT2D eigenvalue weighted by Gasteiger charge is -2.11. The molecule has 4 aromatic rings. The number of hydrogen-bond donors (Lipinski definition) is 1. The van der Waals surface area contributed by atoms with Crippen LogP contribution in [0.5, 0.6) is 0 Å². The summed E-state index contributed by atoms with van der Waals surface area (Å²) in [5.74, 6) is 0.448.